The molecule has 0 unspecified atom stereocenters. The molecule has 1 aliphatic heterocycles. The van der Waals surface area contributed by atoms with E-state index in [1.54, 1.807) is 24.3 Å². The number of benzene rings is 2. The summed E-state index contributed by atoms with van der Waals surface area (Å²) in [5.41, 5.74) is 2.03. The monoisotopic (exact) mass is 386 g/mol. The summed E-state index contributed by atoms with van der Waals surface area (Å²) in [4.78, 5) is 34.6. The minimum atomic E-state index is -0.846. The normalized spacial score (nSPS) is 14.1. The fraction of sp³-hybridized carbons (Fsp3) is 0. The van der Waals surface area contributed by atoms with Crippen molar-refractivity contribution in [1.82, 2.24) is 10.6 Å². The Bertz CT molecular complexity index is 1120. The molecule has 29 heavy (non-hydrogen) atoms. The Labute approximate surface area is 165 Å². The second-order valence-electron chi connectivity index (χ2n) is 6.08. The first kappa shape index (κ1) is 18.1. The summed E-state index contributed by atoms with van der Waals surface area (Å²) in [5.74, 6) is -0.687. The minimum absolute atomic E-state index is 0.206. The van der Waals surface area contributed by atoms with Crippen LogP contribution in [0.5, 0.6) is 0 Å². The maximum Gasteiger partial charge on any atom is 0.328 e. The van der Waals surface area contributed by atoms with Crippen LogP contribution in [0.15, 0.2) is 86.9 Å². The molecule has 2 N–H and O–H groups in total. The van der Waals surface area contributed by atoms with E-state index in [0.717, 1.165) is 11.3 Å². The highest BCUT2D eigenvalue weighted by atomic mass is 16.3. The number of carbonyl (C=O) groups is 3. The van der Waals surface area contributed by atoms with Gasteiger partial charge in [-0.25, -0.2) is 4.79 Å². The maximum absolute atomic E-state index is 11.8. The molecular weight excluding hydrogens is 372 g/mol. The molecule has 2 aromatic carbocycles. The van der Waals surface area contributed by atoms with E-state index >= 15 is 0 Å². The summed E-state index contributed by atoms with van der Waals surface area (Å²) in [6.07, 6.45) is 1.28. The molecule has 1 aromatic heterocycles. The van der Waals surface area contributed by atoms with Crippen molar-refractivity contribution in [3.05, 3.63) is 78.1 Å². The van der Waals surface area contributed by atoms with Crippen LogP contribution >= 0.6 is 0 Å². The summed E-state index contributed by atoms with van der Waals surface area (Å²) in [6.45, 7) is 0. The molecule has 3 aromatic rings. The lowest BCUT2D eigenvalue weighted by atomic mass is 10.1. The average Bonchev–Trinajstić information content (AvgIpc) is 3.19. The Morgan fingerprint density at radius 2 is 1.34 bits per heavy atom. The van der Waals surface area contributed by atoms with Gasteiger partial charge in [-0.2, -0.15) is 10.2 Å². The zero-order valence-electron chi connectivity index (χ0n) is 15.0. The molecule has 2 heterocycles. The Balaban J connectivity index is 1.50. The van der Waals surface area contributed by atoms with Gasteiger partial charge in [0.05, 0.1) is 11.4 Å². The van der Waals surface area contributed by atoms with E-state index in [0.29, 0.717) is 17.2 Å². The first-order valence-corrected chi connectivity index (χ1v) is 8.64. The number of urea groups is 1. The zero-order valence-corrected chi connectivity index (χ0v) is 15.0. The lowest BCUT2D eigenvalue weighted by Gasteiger charge is -2.13. The Morgan fingerprint density at radius 3 is 2.00 bits per heavy atom. The Morgan fingerprint density at radius 1 is 0.724 bits per heavy atom. The number of imide groups is 2. The van der Waals surface area contributed by atoms with E-state index in [-0.39, 0.29) is 5.57 Å². The number of barbiturate groups is 1. The van der Waals surface area contributed by atoms with Crippen molar-refractivity contribution >= 4 is 35.3 Å². The molecule has 0 aliphatic carbocycles. The third kappa shape index (κ3) is 4.16. The SMILES string of the molecule is O=C1NC(=O)C(=Cc2ccc(-c3ccc(N=Nc4ccccc4)cc3)o2)C(=O)N1. The van der Waals surface area contributed by atoms with Gasteiger partial charge in [0.1, 0.15) is 17.1 Å². The van der Waals surface area contributed by atoms with Gasteiger partial charge in [0.15, 0.2) is 0 Å². The second-order valence-corrected chi connectivity index (χ2v) is 6.08. The third-order valence-corrected chi connectivity index (χ3v) is 4.05. The molecule has 1 aliphatic rings. The minimum Gasteiger partial charge on any atom is -0.457 e. The molecule has 8 nitrogen and oxygen atoms in total. The maximum atomic E-state index is 11.8. The molecule has 0 bridgehead atoms. The highest BCUT2D eigenvalue weighted by Crippen LogP contribution is 2.26. The summed E-state index contributed by atoms with van der Waals surface area (Å²) in [5, 5.41) is 12.4. The summed E-state index contributed by atoms with van der Waals surface area (Å²) >= 11 is 0. The Kier molecular flexibility index (Phi) is 4.81. The van der Waals surface area contributed by atoms with Crippen molar-refractivity contribution in [2.24, 2.45) is 10.2 Å². The largest absolute Gasteiger partial charge is 0.457 e. The summed E-state index contributed by atoms with van der Waals surface area (Å²) in [7, 11) is 0. The van der Waals surface area contributed by atoms with Crippen molar-refractivity contribution in [2.45, 2.75) is 0 Å². The van der Waals surface area contributed by atoms with Gasteiger partial charge in [0.2, 0.25) is 0 Å². The van der Waals surface area contributed by atoms with Crippen LogP contribution in [0.3, 0.4) is 0 Å². The second kappa shape index (κ2) is 7.73. The highest BCUT2D eigenvalue weighted by Gasteiger charge is 2.28. The van der Waals surface area contributed by atoms with Gasteiger partial charge in [-0.3, -0.25) is 20.2 Å². The third-order valence-electron chi connectivity index (χ3n) is 4.05. The molecule has 1 fully saturated rings. The van der Waals surface area contributed by atoms with Crippen LogP contribution in [0, 0.1) is 0 Å². The van der Waals surface area contributed by atoms with Crippen LogP contribution < -0.4 is 10.6 Å². The quantitative estimate of drug-likeness (QED) is 0.399. The summed E-state index contributed by atoms with van der Waals surface area (Å²) in [6, 6.07) is 19.2. The van der Waals surface area contributed by atoms with Gasteiger partial charge in [-0.15, -0.1) is 0 Å². The fourth-order valence-electron chi connectivity index (χ4n) is 2.64. The first-order valence-electron chi connectivity index (χ1n) is 8.64. The predicted molar refractivity (Wildman–Crippen MR) is 104 cm³/mol. The number of amides is 4. The van der Waals surface area contributed by atoms with Crippen molar-refractivity contribution in [3.63, 3.8) is 0 Å². The number of hydrogen-bond donors (Lipinski definition) is 2. The lowest BCUT2D eigenvalue weighted by molar-refractivity contribution is -0.123. The van der Waals surface area contributed by atoms with Crippen molar-refractivity contribution in [3.8, 4) is 11.3 Å². The molecule has 8 heteroatoms. The number of rotatable bonds is 4. The lowest BCUT2D eigenvalue weighted by Crippen LogP contribution is -2.51. The van der Waals surface area contributed by atoms with E-state index in [1.165, 1.54) is 6.08 Å². The molecule has 142 valence electrons. The number of carbonyl (C=O) groups excluding carboxylic acids is 3. The molecule has 0 saturated carbocycles. The van der Waals surface area contributed by atoms with Crippen LogP contribution in [0.2, 0.25) is 0 Å². The standard InChI is InChI=1S/C21H14N4O4/c26-19-17(20(27)23-21(28)22-19)12-16-10-11-18(29-16)13-6-8-15(9-7-13)25-24-14-4-2-1-3-5-14/h1-12H,(H2,22,23,26,27,28). The number of nitrogens with one attached hydrogen (secondary N) is 2. The fourth-order valence-corrected chi connectivity index (χ4v) is 2.64. The van der Waals surface area contributed by atoms with Crippen LogP contribution in [-0.4, -0.2) is 17.8 Å². The summed E-state index contributed by atoms with van der Waals surface area (Å²) < 4.78 is 5.69. The van der Waals surface area contributed by atoms with E-state index in [1.807, 2.05) is 53.1 Å². The van der Waals surface area contributed by atoms with E-state index < -0.39 is 17.8 Å². The van der Waals surface area contributed by atoms with Gasteiger partial charge in [0, 0.05) is 5.56 Å². The van der Waals surface area contributed by atoms with Gasteiger partial charge in [0.25, 0.3) is 11.8 Å². The smallest absolute Gasteiger partial charge is 0.328 e. The molecule has 0 radical (unpaired) electrons. The molecule has 1 saturated heterocycles. The number of hydrogen-bond acceptors (Lipinski definition) is 6. The first-order chi connectivity index (χ1) is 14.1. The van der Waals surface area contributed by atoms with Gasteiger partial charge < -0.3 is 4.42 Å². The number of furan rings is 1. The number of azo groups is 1. The predicted octanol–water partition coefficient (Wildman–Crippen LogP) is 4.11. The van der Waals surface area contributed by atoms with Crippen molar-refractivity contribution < 1.29 is 18.8 Å². The van der Waals surface area contributed by atoms with Crippen LogP contribution in [-0.2, 0) is 9.59 Å². The molecule has 0 atom stereocenters. The zero-order chi connectivity index (χ0) is 20.2. The Hall–Kier alpha value is -4.33. The molecular formula is C21H14N4O4. The van der Waals surface area contributed by atoms with Crippen LogP contribution in [0.4, 0.5) is 16.2 Å². The van der Waals surface area contributed by atoms with Crippen molar-refractivity contribution in [1.29, 1.82) is 0 Å². The molecule has 0 spiro atoms. The highest BCUT2D eigenvalue weighted by molar-refractivity contribution is 6.31. The van der Waals surface area contributed by atoms with Gasteiger partial charge in [-0.1, -0.05) is 18.2 Å². The molecule has 4 amide bonds. The van der Waals surface area contributed by atoms with Crippen molar-refractivity contribution in [2.75, 3.05) is 0 Å². The van der Waals surface area contributed by atoms with E-state index in [2.05, 4.69) is 10.2 Å². The van der Waals surface area contributed by atoms with E-state index in [4.69, 9.17) is 4.42 Å². The van der Waals surface area contributed by atoms with Crippen LogP contribution in [0.25, 0.3) is 17.4 Å². The molecule has 4 rings (SSSR count). The van der Waals surface area contributed by atoms with Gasteiger partial charge in [-0.05, 0) is 54.6 Å². The van der Waals surface area contributed by atoms with Gasteiger partial charge >= 0.3 is 6.03 Å². The average molecular weight is 386 g/mol. The number of nitrogens with zero attached hydrogens (tertiary/aromatic N) is 2. The van der Waals surface area contributed by atoms with E-state index in [9.17, 15) is 14.4 Å². The van der Waals surface area contributed by atoms with Crippen LogP contribution in [0.1, 0.15) is 5.76 Å². The topological polar surface area (TPSA) is 113 Å².